The lowest BCUT2D eigenvalue weighted by atomic mass is 10.1. The molecule has 0 aromatic heterocycles. The van der Waals surface area contributed by atoms with E-state index >= 15 is 0 Å². The van der Waals surface area contributed by atoms with Gasteiger partial charge in [0.1, 0.15) is 5.75 Å². The van der Waals surface area contributed by atoms with Crippen molar-refractivity contribution in [3.63, 3.8) is 0 Å². The fourth-order valence-electron chi connectivity index (χ4n) is 2.63. The maximum Gasteiger partial charge on any atom is 0.463 e. The van der Waals surface area contributed by atoms with Gasteiger partial charge < -0.3 is 9.64 Å². The van der Waals surface area contributed by atoms with Crippen molar-refractivity contribution >= 4 is 11.6 Å². The molecule has 8 heteroatoms. The molecule has 1 aromatic rings. The highest BCUT2D eigenvalue weighted by Gasteiger charge is 2.64. The number of hydrogen-bond donors (Lipinski definition) is 0. The van der Waals surface area contributed by atoms with Gasteiger partial charge in [0.2, 0.25) is 0 Å². The normalized spacial score (nSPS) is 12.1. The van der Waals surface area contributed by atoms with Crippen molar-refractivity contribution < 1.29 is 31.5 Å². The minimum Gasteiger partial charge on any atom is -0.497 e. The van der Waals surface area contributed by atoms with Gasteiger partial charge in [-0.15, -0.1) is 0 Å². The number of rotatable bonds is 11. The molecule has 154 valence electrons. The second kappa shape index (κ2) is 10.5. The van der Waals surface area contributed by atoms with Gasteiger partial charge in [-0.25, -0.2) is 0 Å². The van der Waals surface area contributed by atoms with E-state index in [9.17, 15) is 26.7 Å². The van der Waals surface area contributed by atoms with Gasteiger partial charge in [0.15, 0.2) is 0 Å². The number of nitrogens with zero attached hydrogens (tertiary/aromatic N) is 1. The van der Waals surface area contributed by atoms with Crippen molar-refractivity contribution in [1.29, 1.82) is 0 Å². The van der Waals surface area contributed by atoms with E-state index in [0.717, 1.165) is 32.1 Å². The van der Waals surface area contributed by atoms with Crippen molar-refractivity contribution in [3.05, 3.63) is 24.3 Å². The van der Waals surface area contributed by atoms with E-state index < -0.39 is 18.0 Å². The molecule has 3 nitrogen and oxygen atoms in total. The predicted molar refractivity (Wildman–Crippen MR) is 94.3 cm³/mol. The Labute approximate surface area is 156 Å². The zero-order valence-electron chi connectivity index (χ0n) is 15.6. The van der Waals surface area contributed by atoms with Crippen LogP contribution in [0, 0.1) is 0 Å². The maximum atomic E-state index is 13.6. The lowest BCUT2D eigenvalue weighted by molar-refractivity contribution is -0.268. The Morgan fingerprint density at radius 3 is 1.93 bits per heavy atom. The predicted octanol–water partition coefficient (Wildman–Crippen LogP) is 5.98. The number of halogens is 5. The summed E-state index contributed by atoms with van der Waals surface area (Å²) in [4.78, 5) is 12.5. The number of methoxy groups -OCH3 is 1. The van der Waals surface area contributed by atoms with Gasteiger partial charge in [-0.1, -0.05) is 45.4 Å². The largest absolute Gasteiger partial charge is 0.497 e. The van der Waals surface area contributed by atoms with Crippen LogP contribution in [0.5, 0.6) is 5.75 Å². The second-order valence-electron chi connectivity index (χ2n) is 6.35. The van der Waals surface area contributed by atoms with E-state index in [-0.39, 0.29) is 12.2 Å². The van der Waals surface area contributed by atoms with E-state index in [1.54, 1.807) is 0 Å². The topological polar surface area (TPSA) is 29.5 Å². The monoisotopic (exact) mass is 395 g/mol. The lowest BCUT2D eigenvalue weighted by Gasteiger charge is -2.28. The van der Waals surface area contributed by atoms with Crippen molar-refractivity contribution in [2.45, 2.75) is 64.0 Å². The minimum absolute atomic E-state index is 0.0179. The zero-order valence-corrected chi connectivity index (χ0v) is 15.6. The number of benzene rings is 1. The average Bonchev–Trinajstić information content (AvgIpc) is 2.63. The quantitative estimate of drug-likeness (QED) is 0.341. The molecule has 0 aliphatic carbocycles. The van der Waals surface area contributed by atoms with E-state index in [2.05, 4.69) is 6.92 Å². The molecule has 1 aromatic carbocycles. The standard InChI is InChI=1S/C19H26F5NO2/c1-3-4-5-6-7-8-9-14-25(15-10-12-16(27-2)13-11-15)17(26)18(20,21)19(22,23)24/h10-13H,3-9,14H2,1-2H3. The Hall–Kier alpha value is -1.86. The number of unbranched alkanes of at least 4 members (excludes halogenated alkanes) is 6. The lowest BCUT2D eigenvalue weighted by Crippen LogP contribution is -2.52. The molecule has 0 spiro atoms. The van der Waals surface area contributed by atoms with E-state index in [4.69, 9.17) is 4.74 Å². The molecule has 0 saturated heterocycles. The molecule has 0 bridgehead atoms. The summed E-state index contributed by atoms with van der Waals surface area (Å²) in [6, 6.07) is 5.41. The van der Waals surface area contributed by atoms with Gasteiger partial charge in [-0.3, -0.25) is 4.79 Å². The van der Waals surface area contributed by atoms with Crippen molar-refractivity contribution in [2.75, 3.05) is 18.6 Å². The van der Waals surface area contributed by atoms with Crippen LogP contribution in [0.15, 0.2) is 24.3 Å². The number of hydrogen-bond acceptors (Lipinski definition) is 2. The number of carbonyl (C=O) groups excluding carboxylic acids is 1. The SMILES string of the molecule is CCCCCCCCCN(C(=O)C(F)(F)C(F)(F)F)c1ccc(OC)cc1. The fourth-order valence-corrected chi connectivity index (χ4v) is 2.63. The summed E-state index contributed by atoms with van der Waals surface area (Å²) in [5.41, 5.74) is -0.0179. The molecule has 0 aliphatic rings. The number of anilines is 1. The van der Waals surface area contributed by atoms with Gasteiger partial charge in [0.05, 0.1) is 7.11 Å². The van der Waals surface area contributed by atoms with Crippen LogP contribution in [0.1, 0.15) is 51.9 Å². The smallest absolute Gasteiger partial charge is 0.463 e. The van der Waals surface area contributed by atoms with Crippen LogP contribution in [-0.2, 0) is 4.79 Å². The third kappa shape index (κ3) is 6.66. The highest BCUT2D eigenvalue weighted by atomic mass is 19.4. The van der Waals surface area contributed by atoms with Crippen LogP contribution >= 0.6 is 0 Å². The van der Waals surface area contributed by atoms with Gasteiger partial charge in [0.25, 0.3) is 0 Å². The molecule has 0 unspecified atom stereocenters. The van der Waals surface area contributed by atoms with Crippen LogP contribution in [0.25, 0.3) is 0 Å². The molecule has 0 saturated carbocycles. The molecule has 0 N–H and O–H groups in total. The van der Waals surface area contributed by atoms with Crippen molar-refractivity contribution in [3.8, 4) is 5.75 Å². The summed E-state index contributed by atoms with van der Waals surface area (Å²) in [5.74, 6) is -7.29. The first kappa shape index (κ1) is 23.2. The number of amides is 1. The molecule has 0 radical (unpaired) electrons. The third-order valence-corrected chi connectivity index (χ3v) is 4.24. The first-order valence-corrected chi connectivity index (χ1v) is 9.05. The fraction of sp³-hybridized carbons (Fsp3) is 0.632. The molecule has 1 amide bonds. The van der Waals surface area contributed by atoms with Gasteiger partial charge in [-0.2, -0.15) is 22.0 Å². The Bertz CT molecular complexity index is 572. The minimum atomic E-state index is -5.94. The third-order valence-electron chi connectivity index (χ3n) is 4.24. The van der Waals surface area contributed by atoms with E-state index in [1.165, 1.54) is 31.4 Å². The summed E-state index contributed by atoms with van der Waals surface area (Å²) in [7, 11) is 1.40. The highest BCUT2D eigenvalue weighted by molar-refractivity contribution is 5.99. The molecule has 0 aliphatic heterocycles. The molecular formula is C19H26F5NO2. The molecule has 1 rings (SSSR count). The highest BCUT2D eigenvalue weighted by Crippen LogP contribution is 2.38. The maximum absolute atomic E-state index is 13.6. The van der Waals surface area contributed by atoms with Crippen molar-refractivity contribution in [1.82, 2.24) is 0 Å². The second-order valence-corrected chi connectivity index (χ2v) is 6.35. The van der Waals surface area contributed by atoms with Crippen LogP contribution in [0.4, 0.5) is 27.6 Å². The van der Waals surface area contributed by atoms with Crippen LogP contribution in [0.2, 0.25) is 0 Å². The van der Waals surface area contributed by atoms with Crippen molar-refractivity contribution in [2.24, 2.45) is 0 Å². The van der Waals surface area contributed by atoms with Crippen LogP contribution in [-0.4, -0.2) is 31.7 Å². The summed E-state index contributed by atoms with van der Waals surface area (Å²) in [6.07, 6.45) is 0.141. The number of carbonyl (C=O) groups is 1. The Balaban J connectivity index is 2.85. The first-order valence-electron chi connectivity index (χ1n) is 9.05. The Kier molecular flexibility index (Phi) is 8.99. The number of ether oxygens (including phenoxy) is 1. The summed E-state index contributed by atoms with van der Waals surface area (Å²) >= 11 is 0. The van der Waals surface area contributed by atoms with Gasteiger partial charge in [-0.05, 0) is 30.7 Å². The molecule has 0 heterocycles. The van der Waals surface area contributed by atoms with Gasteiger partial charge >= 0.3 is 18.0 Å². The molecule has 0 fully saturated rings. The Morgan fingerprint density at radius 1 is 0.926 bits per heavy atom. The number of alkyl halides is 5. The van der Waals surface area contributed by atoms with Gasteiger partial charge in [0, 0.05) is 12.2 Å². The van der Waals surface area contributed by atoms with E-state index in [0.29, 0.717) is 23.5 Å². The summed E-state index contributed by atoms with van der Waals surface area (Å²) in [6.45, 7) is 1.88. The van der Waals surface area contributed by atoms with Crippen LogP contribution < -0.4 is 9.64 Å². The molecule has 27 heavy (non-hydrogen) atoms. The summed E-state index contributed by atoms with van der Waals surface area (Å²) < 4.78 is 70.0. The molecule has 0 atom stereocenters. The first-order chi connectivity index (χ1) is 12.6. The zero-order chi connectivity index (χ0) is 20.5. The van der Waals surface area contributed by atoms with E-state index in [1.807, 2.05) is 0 Å². The summed E-state index contributed by atoms with van der Waals surface area (Å²) in [5, 5.41) is 0. The molecular weight excluding hydrogens is 369 g/mol. The average molecular weight is 395 g/mol. The van der Waals surface area contributed by atoms with Crippen LogP contribution in [0.3, 0.4) is 0 Å². The Morgan fingerprint density at radius 2 is 1.44 bits per heavy atom.